The third kappa shape index (κ3) is 4.50. The minimum Gasteiger partial charge on any atom is -0.495 e. The summed E-state index contributed by atoms with van der Waals surface area (Å²) < 4.78 is 7.53. The van der Waals surface area contributed by atoms with Crippen molar-refractivity contribution in [1.82, 2.24) is 14.8 Å². The molecule has 2 aromatic carbocycles. The number of benzene rings is 2. The van der Waals surface area contributed by atoms with Gasteiger partial charge in [0.15, 0.2) is 11.0 Å². The van der Waals surface area contributed by atoms with Crippen LogP contribution >= 0.6 is 23.1 Å². The highest BCUT2D eigenvalue weighted by atomic mass is 32.2. The Balaban J connectivity index is 1.67. The van der Waals surface area contributed by atoms with Gasteiger partial charge < -0.3 is 10.1 Å². The molecule has 0 aliphatic heterocycles. The van der Waals surface area contributed by atoms with Gasteiger partial charge in [0.05, 0.1) is 22.9 Å². The highest BCUT2D eigenvalue weighted by Crippen LogP contribution is 2.35. The lowest BCUT2D eigenvalue weighted by Gasteiger charge is -2.16. The maximum Gasteiger partial charge on any atom is 0.237 e. The minimum atomic E-state index is -0.381. The first kappa shape index (κ1) is 21.1. The van der Waals surface area contributed by atoms with Crippen molar-refractivity contribution in [2.45, 2.75) is 24.3 Å². The number of para-hydroxylation sites is 3. The zero-order valence-electron chi connectivity index (χ0n) is 17.4. The van der Waals surface area contributed by atoms with Gasteiger partial charge >= 0.3 is 0 Å². The van der Waals surface area contributed by atoms with E-state index in [2.05, 4.69) is 15.5 Å². The second kappa shape index (κ2) is 9.36. The number of carbonyl (C=O) groups is 1. The maximum absolute atomic E-state index is 12.9. The van der Waals surface area contributed by atoms with E-state index in [1.165, 1.54) is 11.8 Å². The standard InChI is InChI=1S/C23H22N4O2S2/c1-15-9-4-5-10-17(15)24-22(28)16(2)31-23-26-25-21(20-13-8-14-30-20)27(23)18-11-6-7-12-19(18)29-3/h4-14,16H,1-3H3,(H,24,28). The molecule has 0 aliphatic carbocycles. The molecule has 1 unspecified atom stereocenters. The van der Waals surface area contributed by atoms with Crippen LogP contribution in [0.25, 0.3) is 16.4 Å². The van der Waals surface area contributed by atoms with Crippen LogP contribution in [0.3, 0.4) is 0 Å². The average Bonchev–Trinajstić information content (AvgIpc) is 3.45. The van der Waals surface area contributed by atoms with Crippen LogP contribution in [-0.4, -0.2) is 33.0 Å². The average molecular weight is 451 g/mol. The van der Waals surface area contributed by atoms with E-state index in [1.54, 1.807) is 18.4 Å². The summed E-state index contributed by atoms with van der Waals surface area (Å²) >= 11 is 2.95. The van der Waals surface area contributed by atoms with E-state index < -0.39 is 0 Å². The molecule has 0 radical (unpaired) electrons. The van der Waals surface area contributed by atoms with Crippen LogP contribution < -0.4 is 10.1 Å². The zero-order chi connectivity index (χ0) is 21.8. The Morgan fingerprint density at radius 3 is 2.61 bits per heavy atom. The number of thioether (sulfide) groups is 1. The summed E-state index contributed by atoms with van der Waals surface area (Å²) in [5, 5.41) is 14.1. The Hall–Kier alpha value is -3.10. The summed E-state index contributed by atoms with van der Waals surface area (Å²) in [7, 11) is 1.64. The summed E-state index contributed by atoms with van der Waals surface area (Å²) in [5.74, 6) is 1.33. The molecule has 4 rings (SSSR count). The fraction of sp³-hybridized carbons (Fsp3) is 0.174. The van der Waals surface area contributed by atoms with Crippen molar-refractivity contribution in [3.63, 3.8) is 0 Å². The number of nitrogens with one attached hydrogen (secondary N) is 1. The molecule has 0 fully saturated rings. The summed E-state index contributed by atoms with van der Waals surface area (Å²) in [4.78, 5) is 13.9. The summed E-state index contributed by atoms with van der Waals surface area (Å²) in [6, 6.07) is 19.4. The Morgan fingerprint density at radius 2 is 1.87 bits per heavy atom. The van der Waals surface area contributed by atoms with Crippen LogP contribution in [0.4, 0.5) is 5.69 Å². The Kier molecular flexibility index (Phi) is 6.39. The molecule has 2 aromatic heterocycles. The number of anilines is 1. The van der Waals surface area contributed by atoms with Gasteiger partial charge in [0.25, 0.3) is 0 Å². The van der Waals surface area contributed by atoms with Crippen molar-refractivity contribution >= 4 is 34.7 Å². The molecule has 1 amide bonds. The van der Waals surface area contributed by atoms with Gasteiger partial charge in [-0.3, -0.25) is 9.36 Å². The van der Waals surface area contributed by atoms with Gasteiger partial charge in [0, 0.05) is 5.69 Å². The number of thiophene rings is 1. The van der Waals surface area contributed by atoms with Gasteiger partial charge in [-0.2, -0.15) is 0 Å². The minimum absolute atomic E-state index is 0.0912. The number of hydrogen-bond acceptors (Lipinski definition) is 6. The third-order valence-electron chi connectivity index (χ3n) is 4.76. The van der Waals surface area contributed by atoms with E-state index in [-0.39, 0.29) is 11.2 Å². The van der Waals surface area contributed by atoms with Crippen molar-refractivity contribution < 1.29 is 9.53 Å². The smallest absolute Gasteiger partial charge is 0.237 e. The number of nitrogens with zero attached hydrogens (tertiary/aromatic N) is 3. The third-order valence-corrected chi connectivity index (χ3v) is 6.66. The highest BCUT2D eigenvalue weighted by molar-refractivity contribution is 8.00. The number of ether oxygens (including phenoxy) is 1. The largest absolute Gasteiger partial charge is 0.495 e. The quantitative estimate of drug-likeness (QED) is 0.380. The molecular weight excluding hydrogens is 428 g/mol. The number of methoxy groups -OCH3 is 1. The summed E-state index contributed by atoms with van der Waals surface area (Å²) in [5.41, 5.74) is 2.66. The summed E-state index contributed by atoms with van der Waals surface area (Å²) in [6.45, 7) is 3.84. The topological polar surface area (TPSA) is 69.0 Å². The monoisotopic (exact) mass is 450 g/mol. The Bertz CT molecular complexity index is 1190. The van der Waals surface area contributed by atoms with E-state index in [0.717, 1.165) is 21.8 Å². The Labute approximate surface area is 189 Å². The number of aryl methyl sites for hydroxylation is 1. The second-order valence-corrected chi connectivity index (χ2v) is 9.11. The van der Waals surface area contributed by atoms with Crippen LogP contribution in [0.5, 0.6) is 5.75 Å². The molecule has 0 bridgehead atoms. The molecule has 1 N–H and O–H groups in total. The molecule has 158 valence electrons. The fourth-order valence-corrected chi connectivity index (χ4v) is 4.66. The molecule has 8 heteroatoms. The highest BCUT2D eigenvalue weighted by Gasteiger charge is 2.24. The van der Waals surface area contributed by atoms with Gasteiger partial charge in [-0.1, -0.05) is 48.2 Å². The molecule has 0 spiro atoms. The van der Waals surface area contributed by atoms with Crippen molar-refractivity contribution in [2.75, 3.05) is 12.4 Å². The van der Waals surface area contributed by atoms with Gasteiger partial charge in [0.2, 0.25) is 5.91 Å². The molecule has 0 saturated heterocycles. The van der Waals surface area contributed by atoms with Crippen LogP contribution in [0, 0.1) is 6.92 Å². The first-order valence-electron chi connectivity index (χ1n) is 9.74. The summed E-state index contributed by atoms with van der Waals surface area (Å²) in [6.07, 6.45) is 0. The molecule has 4 aromatic rings. The van der Waals surface area contributed by atoms with Crippen LogP contribution in [0.15, 0.2) is 71.2 Å². The lowest BCUT2D eigenvalue weighted by Crippen LogP contribution is -2.23. The number of aromatic nitrogens is 3. The molecule has 1 atom stereocenters. The predicted molar refractivity (Wildman–Crippen MR) is 126 cm³/mol. The van der Waals surface area contributed by atoms with Crippen molar-refractivity contribution in [3.8, 4) is 22.1 Å². The molecule has 31 heavy (non-hydrogen) atoms. The first-order chi connectivity index (χ1) is 15.1. The van der Waals surface area contributed by atoms with Crippen LogP contribution in [-0.2, 0) is 4.79 Å². The van der Waals surface area contributed by atoms with Gasteiger partial charge in [-0.25, -0.2) is 0 Å². The second-order valence-electron chi connectivity index (χ2n) is 6.85. The Morgan fingerprint density at radius 1 is 1.10 bits per heavy atom. The lowest BCUT2D eigenvalue weighted by atomic mass is 10.2. The van der Waals surface area contributed by atoms with Crippen LogP contribution in [0.2, 0.25) is 0 Å². The van der Waals surface area contributed by atoms with E-state index >= 15 is 0 Å². The number of rotatable bonds is 7. The lowest BCUT2D eigenvalue weighted by molar-refractivity contribution is -0.115. The SMILES string of the molecule is COc1ccccc1-n1c(SC(C)C(=O)Nc2ccccc2C)nnc1-c1cccs1. The van der Waals surface area contributed by atoms with E-state index in [1.807, 2.05) is 84.5 Å². The van der Waals surface area contributed by atoms with Gasteiger partial charge in [-0.15, -0.1) is 21.5 Å². The maximum atomic E-state index is 12.9. The van der Waals surface area contributed by atoms with Crippen molar-refractivity contribution in [2.24, 2.45) is 0 Å². The van der Waals surface area contributed by atoms with Crippen molar-refractivity contribution in [3.05, 3.63) is 71.6 Å². The number of amides is 1. The normalized spacial score (nSPS) is 11.8. The van der Waals surface area contributed by atoms with Gasteiger partial charge in [-0.05, 0) is 49.1 Å². The molecule has 0 saturated carbocycles. The predicted octanol–water partition coefficient (Wildman–Crippen LogP) is 5.43. The van der Waals surface area contributed by atoms with Crippen molar-refractivity contribution in [1.29, 1.82) is 0 Å². The van der Waals surface area contributed by atoms with E-state index in [9.17, 15) is 4.79 Å². The fourth-order valence-electron chi connectivity index (χ4n) is 3.10. The number of carbonyl (C=O) groups excluding carboxylic acids is 1. The molecule has 0 aliphatic rings. The zero-order valence-corrected chi connectivity index (χ0v) is 19.0. The first-order valence-corrected chi connectivity index (χ1v) is 11.5. The number of hydrogen-bond donors (Lipinski definition) is 1. The van der Waals surface area contributed by atoms with Gasteiger partial charge in [0.1, 0.15) is 5.75 Å². The molecule has 6 nitrogen and oxygen atoms in total. The molecule has 2 heterocycles. The molecular formula is C23H22N4O2S2. The van der Waals surface area contributed by atoms with E-state index in [0.29, 0.717) is 16.7 Å². The van der Waals surface area contributed by atoms with Crippen LogP contribution in [0.1, 0.15) is 12.5 Å². The van der Waals surface area contributed by atoms with E-state index in [4.69, 9.17) is 4.74 Å².